The maximum Gasteiger partial charge on any atom is 0.191 e. The van der Waals surface area contributed by atoms with E-state index in [0.29, 0.717) is 11.6 Å². The highest BCUT2D eigenvalue weighted by Crippen LogP contribution is 2.33. The minimum absolute atomic E-state index is 0.299. The molecule has 0 aromatic carbocycles. The van der Waals surface area contributed by atoms with Crippen molar-refractivity contribution in [1.82, 2.24) is 25.3 Å². The molecule has 4 heterocycles. The summed E-state index contributed by atoms with van der Waals surface area (Å²) in [5.41, 5.74) is 0.299. The summed E-state index contributed by atoms with van der Waals surface area (Å²) in [5.74, 6) is 1.02. The maximum atomic E-state index is 4.62. The molecule has 4 aliphatic heterocycles. The van der Waals surface area contributed by atoms with Crippen molar-refractivity contribution >= 4 is 5.96 Å². The van der Waals surface area contributed by atoms with Crippen LogP contribution >= 0.6 is 0 Å². The zero-order chi connectivity index (χ0) is 20.3. The molecule has 2 unspecified atom stereocenters. The number of nitrogens with one attached hydrogen (secondary N) is 2. The van der Waals surface area contributed by atoms with E-state index in [-0.39, 0.29) is 0 Å². The van der Waals surface area contributed by atoms with Crippen LogP contribution in [-0.2, 0) is 0 Å². The Morgan fingerprint density at radius 1 is 0.931 bits per heavy atom. The standard InChI is InChI=1S/C23H44N6/c1-24-22(26-19-16-20-8-7-9-21(17-19)28(20)3)25-18-23(10-14-27(2)15-11-23)29-12-5-4-6-13-29/h19-21H,4-18H2,1-3H3,(H2,24,25,26). The van der Waals surface area contributed by atoms with E-state index in [1.807, 2.05) is 7.05 Å². The Morgan fingerprint density at radius 2 is 1.59 bits per heavy atom. The number of guanidine groups is 1. The number of likely N-dealkylation sites (tertiary alicyclic amines) is 2. The predicted octanol–water partition coefficient (Wildman–Crippen LogP) is 2.12. The monoisotopic (exact) mass is 404 g/mol. The zero-order valence-electron chi connectivity index (χ0n) is 19.1. The summed E-state index contributed by atoms with van der Waals surface area (Å²) < 4.78 is 0. The molecular formula is C23H44N6. The summed E-state index contributed by atoms with van der Waals surface area (Å²) >= 11 is 0. The first-order valence-corrected chi connectivity index (χ1v) is 12.2. The van der Waals surface area contributed by atoms with Gasteiger partial charge in [0, 0.05) is 37.3 Å². The Balaban J connectivity index is 1.36. The molecule has 0 saturated carbocycles. The lowest BCUT2D eigenvalue weighted by atomic mass is 9.82. The van der Waals surface area contributed by atoms with E-state index in [1.54, 1.807) is 0 Å². The predicted molar refractivity (Wildman–Crippen MR) is 122 cm³/mol. The van der Waals surface area contributed by atoms with Crippen molar-refractivity contribution in [3.63, 3.8) is 0 Å². The third-order valence-corrected chi connectivity index (χ3v) is 8.43. The highest BCUT2D eigenvalue weighted by Gasteiger charge is 2.40. The number of fused-ring (bicyclic) bond motifs is 2. The maximum absolute atomic E-state index is 4.62. The molecule has 2 bridgehead atoms. The zero-order valence-corrected chi connectivity index (χ0v) is 19.1. The van der Waals surface area contributed by atoms with E-state index in [4.69, 9.17) is 0 Å². The van der Waals surface area contributed by atoms with Crippen molar-refractivity contribution in [3.8, 4) is 0 Å². The first-order valence-electron chi connectivity index (χ1n) is 12.2. The SMILES string of the molecule is CN=C(NCC1(N2CCCCC2)CCN(C)CC1)NC1CC2CCCC(C1)N2C. The molecule has 4 fully saturated rings. The van der Waals surface area contributed by atoms with Crippen LogP contribution in [0.2, 0.25) is 0 Å². The van der Waals surface area contributed by atoms with Crippen molar-refractivity contribution in [3.05, 3.63) is 0 Å². The summed E-state index contributed by atoms with van der Waals surface area (Å²) in [4.78, 5) is 12.6. The number of hydrogen-bond acceptors (Lipinski definition) is 4. The topological polar surface area (TPSA) is 46.1 Å². The average molecular weight is 405 g/mol. The first-order chi connectivity index (χ1) is 14.1. The number of hydrogen-bond donors (Lipinski definition) is 2. The Bertz CT molecular complexity index is 536. The molecular weight excluding hydrogens is 360 g/mol. The van der Waals surface area contributed by atoms with Gasteiger partial charge >= 0.3 is 0 Å². The van der Waals surface area contributed by atoms with Crippen LogP contribution in [0.25, 0.3) is 0 Å². The lowest BCUT2D eigenvalue weighted by Gasteiger charge is -2.50. The molecule has 166 valence electrons. The summed E-state index contributed by atoms with van der Waals surface area (Å²) in [7, 11) is 6.54. The van der Waals surface area contributed by atoms with E-state index in [9.17, 15) is 0 Å². The lowest BCUT2D eigenvalue weighted by molar-refractivity contribution is 0.0171. The molecule has 6 nitrogen and oxygen atoms in total. The first kappa shape index (κ1) is 21.4. The molecule has 0 aromatic rings. The van der Waals surface area contributed by atoms with E-state index >= 15 is 0 Å². The number of nitrogens with zero attached hydrogens (tertiary/aromatic N) is 4. The van der Waals surface area contributed by atoms with Gasteiger partial charge in [-0.15, -0.1) is 0 Å². The number of aliphatic imine (C=N–C) groups is 1. The normalized spacial score (nSPS) is 34.7. The molecule has 0 spiro atoms. The van der Waals surface area contributed by atoms with Gasteiger partial charge in [-0.3, -0.25) is 9.89 Å². The van der Waals surface area contributed by atoms with E-state index < -0.39 is 0 Å². The van der Waals surface area contributed by atoms with Crippen molar-refractivity contribution in [2.75, 3.05) is 53.9 Å². The van der Waals surface area contributed by atoms with Gasteiger partial charge in [-0.05, 0) is 91.6 Å². The lowest BCUT2D eigenvalue weighted by Crippen LogP contribution is -2.63. The van der Waals surface area contributed by atoms with E-state index in [0.717, 1.165) is 24.6 Å². The average Bonchev–Trinajstić information content (AvgIpc) is 2.74. The van der Waals surface area contributed by atoms with Crippen LogP contribution in [0.3, 0.4) is 0 Å². The van der Waals surface area contributed by atoms with Gasteiger partial charge in [-0.2, -0.15) is 0 Å². The van der Waals surface area contributed by atoms with Crippen molar-refractivity contribution in [1.29, 1.82) is 0 Å². The van der Waals surface area contributed by atoms with Gasteiger partial charge in [-0.1, -0.05) is 12.8 Å². The highest BCUT2D eigenvalue weighted by atomic mass is 15.3. The van der Waals surface area contributed by atoms with Crippen molar-refractivity contribution in [2.45, 2.75) is 87.9 Å². The number of rotatable bonds is 4. The van der Waals surface area contributed by atoms with E-state index in [2.05, 4.69) is 44.4 Å². The van der Waals surface area contributed by atoms with Gasteiger partial charge < -0.3 is 20.4 Å². The molecule has 0 amide bonds. The number of piperidine rings is 4. The van der Waals surface area contributed by atoms with Gasteiger partial charge in [0.1, 0.15) is 0 Å². The fourth-order valence-corrected chi connectivity index (χ4v) is 6.38. The van der Waals surface area contributed by atoms with Crippen LogP contribution in [0.1, 0.15) is 64.2 Å². The van der Waals surface area contributed by atoms with Gasteiger partial charge in [0.15, 0.2) is 5.96 Å². The summed E-state index contributed by atoms with van der Waals surface area (Å²) in [5, 5.41) is 7.59. The minimum Gasteiger partial charge on any atom is -0.355 e. The van der Waals surface area contributed by atoms with E-state index in [1.165, 1.54) is 90.4 Å². The van der Waals surface area contributed by atoms with Gasteiger partial charge in [0.25, 0.3) is 0 Å². The second kappa shape index (κ2) is 9.52. The van der Waals surface area contributed by atoms with Crippen molar-refractivity contribution < 1.29 is 0 Å². The van der Waals surface area contributed by atoms with Crippen LogP contribution in [0.15, 0.2) is 4.99 Å². The van der Waals surface area contributed by atoms with Gasteiger partial charge in [0.05, 0.1) is 0 Å². The Hall–Kier alpha value is -0.850. The third-order valence-electron chi connectivity index (χ3n) is 8.43. The molecule has 2 atom stereocenters. The van der Waals surface area contributed by atoms with Gasteiger partial charge in [-0.25, -0.2) is 0 Å². The Morgan fingerprint density at radius 3 is 2.21 bits per heavy atom. The molecule has 4 aliphatic rings. The molecule has 2 N–H and O–H groups in total. The molecule has 0 aromatic heterocycles. The second-order valence-corrected chi connectivity index (χ2v) is 10.2. The molecule has 0 aliphatic carbocycles. The minimum atomic E-state index is 0.299. The van der Waals surface area contributed by atoms with Crippen LogP contribution in [0, 0.1) is 0 Å². The second-order valence-electron chi connectivity index (χ2n) is 10.2. The molecule has 6 heteroatoms. The summed E-state index contributed by atoms with van der Waals surface area (Å²) in [6.07, 6.45) is 13.3. The fourth-order valence-electron chi connectivity index (χ4n) is 6.38. The molecule has 29 heavy (non-hydrogen) atoms. The Labute approximate surface area is 178 Å². The van der Waals surface area contributed by atoms with Crippen LogP contribution in [0.4, 0.5) is 0 Å². The molecule has 0 radical (unpaired) electrons. The van der Waals surface area contributed by atoms with Crippen LogP contribution in [0.5, 0.6) is 0 Å². The third kappa shape index (κ3) is 4.91. The highest BCUT2D eigenvalue weighted by molar-refractivity contribution is 5.80. The van der Waals surface area contributed by atoms with Crippen LogP contribution < -0.4 is 10.6 Å². The summed E-state index contributed by atoms with van der Waals surface area (Å²) in [6, 6.07) is 2.08. The smallest absolute Gasteiger partial charge is 0.191 e. The quantitative estimate of drug-likeness (QED) is 0.555. The summed E-state index contributed by atoms with van der Waals surface area (Å²) in [6.45, 7) is 6.00. The molecule has 4 saturated heterocycles. The largest absolute Gasteiger partial charge is 0.355 e. The Kier molecular flexibility index (Phi) is 7.02. The van der Waals surface area contributed by atoms with Crippen molar-refractivity contribution in [2.24, 2.45) is 4.99 Å². The fraction of sp³-hybridized carbons (Fsp3) is 0.957. The van der Waals surface area contributed by atoms with Crippen LogP contribution in [-0.4, -0.2) is 98.2 Å². The molecule has 4 rings (SSSR count). The van der Waals surface area contributed by atoms with Gasteiger partial charge in [0.2, 0.25) is 0 Å².